The number of nitrogens with zero attached hydrogens (tertiary/aromatic N) is 2. The molecule has 0 bridgehead atoms. The van der Waals surface area contributed by atoms with E-state index in [1.165, 1.54) is 47.1 Å². The number of rotatable bonds is 6. The van der Waals surface area contributed by atoms with Gasteiger partial charge < -0.3 is 9.32 Å². The van der Waals surface area contributed by atoms with Crippen LogP contribution in [0.2, 0.25) is 0 Å². The Labute approximate surface area is 319 Å². The Morgan fingerprint density at radius 1 is 0.407 bits per heavy atom. The second-order valence-electron chi connectivity index (χ2n) is 13.6. The largest absolute Gasteiger partial charge is 0.456 e. The van der Waals surface area contributed by atoms with Crippen LogP contribution in [-0.2, 0) is 0 Å². The van der Waals surface area contributed by atoms with Gasteiger partial charge >= 0.3 is 0 Å². The molecule has 0 atom stereocenters. The zero-order chi connectivity index (χ0) is 35.6. The minimum Gasteiger partial charge on any atom is -0.456 e. The van der Waals surface area contributed by atoms with Crippen molar-refractivity contribution in [2.45, 2.75) is 0 Å². The lowest BCUT2D eigenvalue weighted by Crippen LogP contribution is -2.10. The van der Waals surface area contributed by atoms with Crippen molar-refractivity contribution in [3.63, 3.8) is 0 Å². The number of hydrogen-bond acceptors (Lipinski definition) is 5. The van der Waals surface area contributed by atoms with Crippen molar-refractivity contribution in [1.82, 2.24) is 4.98 Å². The summed E-state index contributed by atoms with van der Waals surface area (Å²) in [5, 5.41) is 5.71. The third kappa shape index (κ3) is 5.20. The van der Waals surface area contributed by atoms with E-state index in [0.717, 1.165) is 55.1 Å². The summed E-state index contributed by atoms with van der Waals surface area (Å²) >= 11 is 3.60. The van der Waals surface area contributed by atoms with Gasteiger partial charge in [0, 0.05) is 53.9 Å². The number of benzene rings is 8. The van der Waals surface area contributed by atoms with Crippen molar-refractivity contribution in [2.75, 3.05) is 4.90 Å². The summed E-state index contributed by atoms with van der Waals surface area (Å²) in [6.07, 6.45) is 0. The van der Waals surface area contributed by atoms with Gasteiger partial charge in [0.25, 0.3) is 0 Å². The van der Waals surface area contributed by atoms with Crippen LogP contribution in [0.25, 0.3) is 85.2 Å². The lowest BCUT2D eigenvalue weighted by molar-refractivity contribution is 0.669. The molecule has 254 valence electrons. The molecule has 0 amide bonds. The smallest absolute Gasteiger partial charge is 0.137 e. The van der Waals surface area contributed by atoms with E-state index in [9.17, 15) is 0 Å². The van der Waals surface area contributed by atoms with Crippen LogP contribution in [-0.4, -0.2) is 4.98 Å². The molecule has 0 aliphatic rings. The van der Waals surface area contributed by atoms with E-state index in [1.54, 1.807) is 11.3 Å². The molecule has 0 fully saturated rings. The Bertz CT molecular complexity index is 3140. The number of aromatic nitrogens is 1. The molecular weight excluding hydrogens is 697 g/mol. The van der Waals surface area contributed by atoms with Gasteiger partial charge in [-0.15, -0.1) is 22.7 Å². The molecule has 0 aliphatic heterocycles. The number of hydrogen-bond donors (Lipinski definition) is 0. The summed E-state index contributed by atoms with van der Waals surface area (Å²) in [7, 11) is 0. The molecule has 11 aromatic rings. The summed E-state index contributed by atoms with van der Waals surface area (Å²) < 4.78 is 10.1. The van der Waals surface area contributed by atoms with Crippen LogP contribution < -0.4 is 4.90 Å². The van der Waals surface area contributed by atoms with Gasteiger partial charge in [0.2, 0.25) is 0 Å². The molecule has 54 heavy (non-hydrogen) atoms. The third-order valence-corrected chi connectivity index (χ3v) is 12.5. The second kappa shape index (κ2) is 12.6. The highest BCUT2D eigenvalue weighted by Gasteiger charge is 2.21. The normalized spacial score (nSPS) is 11.7. The highest BCUT2D eigenvalue weighted by atomic mass is 32.1. The average Bonchev–Trinajstić information content (AvgIpc) is 3.94. The zero-order valence-electron chi connectivity index (χ0n) is 28.9. The van der Waals surface area contributed by atoms with Crippen LogP contribution >= 0.6 is 22.7 Å². The number of para-hydroxylation sites is 1. The molecule has 0 aliphatic carbocycles. The van der Waals surface area contributed by atoms with Crippen LogP contribution in [0.4, 0.5) is 17.1 Å². The Kier molecular flexibility index (Phi) is 7.22. The first-order chi connectivity index (χ1) is 26.7. The van der Waals surface area contributed by atoms with E-state index in [4.69, 9.17) is 9.40 Å². The maximum absolute atomic E-state index is 6.42. The van der Waals surface area contributed by atoms with Gasteiger partial charge in [-0.2, -0.15) is 0 Å². The molecule has 0 saturated heterocycles. The van der Waals surface area contributed by atoms with Crippen LogP contribution in [0.15, 0.2) is 186 Å². The number of thiazole rings is 1. The van der Waals surface area contributed by atoms with Gasteiger partial charge in [-0.05, 0) is 76.9 Å². The Morgan fingerprint density at radius 3 is 1.80 bits per heavy atom. The summed E-state index contributed by atoms with van der Waals surface area (Å²) in [5.41, 5.74) is 12.0. The molecule has 0 unspecified atom stereocenters. The molecule has 3 aromatic heterocycles. The fraction of sp³-hybridized carbons (Fsp3) is 0. The fourth-order valence-corrected chi connectivity index (χ4v) is 9.90. The molecule has 0 N–H and O–H groups in total. The maximum atomic E-state index is 6.42. The first-order valence-corrected chi connectivity index (χ1v) is 19.7. The summed E-state index contributed by atoms with van der Waals surface area (Å²) in [4.78, 5) is 7.58. The molecule has 3 heterocycles. The molecule has 0 spiro atoms. The third-order valence-electron chi connectivity index (χ3n) is 10.3. The molecule has 8 aromatic carbocycles. The minimum absolute atomic E-state index is 0.871. The van der Waals surface area contributed by atoms with Gasteiger partial charge in [-0.25, -0.2) is 4.98 Å². The van der Waals surface area contributed by atoms with Gasteiger partial charge in [-0.3, -0.25) is 0 Å². The molecule has 3 nitrogen and oxygen atoms in total. The van der Waals surface area contributed by atoms with E-state index in [0.29, 0.717) is 0 Å². The van der Waals surface area contributed by atoms with Gasteiger partial charge in [-0.1, -0.05) is 121 Å². The number of anilines is 3. The van der Waals surface area contributed by atoms with Gasteiger partial charge in [0.1, 0.15) is 16.2 Å². The fourth-order valence-electron chi connectivity index (χ4n) is 7.69. The highest BCUT2D eigenvalue weighted by Crippen LogP contribution is 2.47. The van der Waals surface area contributed by atoms with Crippen molar-refractivity contribution in [3.05, 3.63) is 182 Å². The Hall–Kier alpha value is -6.53. The van der Waals surface area contributed by atoms with E-state index in [1.807, 2.05) is 23.5 Å². The first kappa shape index (κ1) is 31.0. The zero-order valence-corrected chi connectivity index (χ0v) is 30.6. The predicted molar refractivity (Wildman–Crippen MR) is 231 cm³/mol. The molecule has 0 radical (unpaired) electrons. The van der Waals surface area contributed by atoms with Crippen molar-refractivity contribution >= 4 is 92.1 Å². The number of thiophene rings is 1. The quantitative estimate of drug-likeness (QED) is 0.171. The van der Waals surface area contributed by atoms with Crippen molar-refractivity contribution in [3.8, 4) is 32.8 Å². The second-order valence-corrected chi connectivity index (χ2v) is 15.7. The topological polar surface area (TPSA) is 29.3 Å². The van der Waals surface area contributed by atoms with Crippen LogP contribution in [0, 0.1) is 0 Å². The Morgan fingerprint density at radius 2 is 1.04 bits per heavy atom. The monoisotopic (exact) mass is 726 g/mol. The molecule has 11 rings (SSSR count). The van der Waals surface area contributed by atoms with Crippen LogP contribution in [0.5, 0.6) is 0 Å². The summed E-state index contributed by atoms with van der Waals surface area (Å²) in [5.74, 6) is 0. The standard InChI is InChI=1S/C49H30N2OS2/c1-3-10-31(11-4-1)33-18-20-35(21-19-33)49-50-41-29-40-46(30-47(41)54-49)53-45-17-9-15-42(48(40)45)51(36-24-22-34(23-25-36)32-12-5-2-6-13-32)37-26-27-39-38-14-7-8-16-43(38)52-44(39)28-37/h1-30H. The predicted octanol–water partition coefficient (Wildman–Crippen LogP) is 15.0. The van der Waals surface area contributed by atoms with E-state index < -0.39 is 0 Å². The summed E-state index contributed by atoms with van der Waals surface area (Å²) in [6.45, 7) is 0. The average molecular weight is 727 g/mol. The SMILES string of the molecule is c1ccc(-c2ccc(-c3nc4cc5c(cc4s3)sc3cccc(N(c4ccc(-c6ccccc6)cc4)c4ccc6c(c4)oc4ccccc46)c35)cc2)cc1. The van der Waals surface area contributed by atoms with Crippen molar-refractivity contribution in [1.29, 1.82) is 0 Å². The minimum atomic E-state index is 0.871. The highest BCUT2D eigenvalue weighted by molar-refractivity contribution is 7.26. The molecule has 5 heteroatoms. The van der Waals surface area contributed by atoms with Crippen molar-refractivity contribution < 1.29 is 4.42 Å². The lowest BCUT2D eigenvalue weighted by atomic mass is 10.0. The lowest BCUT2D eigenvalue weighted by Gasteiger charge is -2.26. The van der Waals surface area contributed by atoms with Gasteiger partial charge in [0.15, 0.2) is 0 Å². The van der Waals surface area contributed by atoms with Crippen LogP contribution in [0.3, 0.4) is 0 Å². The first-order valence-electron chi connectivity index (χ1n) is 18.0. The number of fused-ring (bicyclic) bond motifs is 7. The Balaban J connectivity index is 1.06. The van der Waals surface area contributed by atoms with E-state index >= 15 is 0 Å². The number of furan rings is 1. The molecular formula is C49H30N2OS2. The maximum Gasteiger partial charge on any atom is 0.137 e. The van der Waals surface area contributed by atoms with E-state index in [-0.39, 0.29) is 0 Å². The summed E-state index contributed by atoms with van der Waals surface area (Å²) in [6, 6.07) is 64.9. The van der Waals surface area contributed by atoms with E-state index in [2.05, 4.69) is 175 Å². The molecule has 0 saturated carbocycles. The van der Waals surface area contributed by atoms with Gasteiger partial charge in [0.05, 0.1) is 15.9 Å². The van der Waals surface area contributed by atoms with Crippen LogP contribution in [0.1, 0.15) is 0 Å². The van der Waals surface area contributed by atoms with Crippen molar-refractivity contribution in [2.24, 2.45) is 0 Å².